The van der Waals surface area contributed by atoms with E-state index in [-0.39, 0.29) is 11.9 Å². The molecule has 0 spiro atoms. The molecule has 0 saturated carbocycles. The maximum Gasteiger partial charge on any atom is 0.244 e. The number of hydrogen-bond acceptors (Lipinski definition) is 4. The van der Waals surface area contributed by atoms with Gasteiger partial charge in [-0.2, -0.15) is 0 Å². The van der Waals surface area contributed by atoms with Crippen molar-refractivity contribution in [2.45, 2.75) is 19.4 Å². The van der Waals surface area contributed by atoms with Gasteiger partial charge in [0, 0.05) is 18.3 Å². The van der Waals surface area contributed by atoms with E-state index in [0.29, 0.717) is 11.5 Å². The van der Waals surface area contributed by atoms with Crippen LogP contribution in [-0.2, 0) is 4.79 Å². The number of rotatable bonds is 5. The van der Waals surface area contributed by atoms with Crippen molar-refractivity contribution < 1.29 is 14.3 Å². The van der Waals surface area contributed by atoms with Crippen molar-refractivity contribution in [1.29, 1.82) is 0 Å². The number of benzene rings is 1. The lowest BCUT2D eigenvalue weighted by Gasteiger charge is -2.18. The quantitative estimate of drug-likeness (QED) is 0.874. The molecule has 1 unspecified atom stereocenters. The first-order valence-electron chi connectivity index (χ1n) is 6.48. The summed E-state index contributed by atoms with van der Waals surface area (Å²) in [6, 6.07) is 5.47. The largest absolute Gasteiger partial charge is 0.493 e. The van der Waals surface area contributed by atoms with Crippen LogP contribution in [0.4, 0.5) is 5.69 Å². The second-order valence-electron chi connectivity index (χ2n) is 4.43. The molecule has 1 N–H and O–H groups in total. The number of anilines is 1. The first-order valence-corrected chi connectivity index (χ1v) is 6.48. The van der Waals surface area contributed by atoms with Gasteiger partial charge in [-0.3, -0.25) is 4.79 Å². The third-order valence-corrected chi connectivity index (χ3v) is 3.33. The number of hydrogen-bond donors (Lipinski definition) is 1. The van der Waals surface area contributed by atoms with Crippen LogP contribution in [-0.4, -0.2) is 39.3 Å². The Kier molecular flexibility index (Phi) is 4.27. The summed E-state index contributed by atoms with van der Waals surface area (Å²) in [6.07, 6.45) is 0.834. The highest BCUT2D eigenvalue weighted by atomic mass is 16.5. The maximum absolute atomic E-state index is 12.2. The lowest BCUT2D eigenvalue weighted by atomic mass is 10.2. The van der Waals surface area contributed by atoms with Crippen LogP contribution in [0.15, 0.2) is 18.2 Å². The average molecular weight is 264 g/mol. The van der Waals surface area contributed by atoms with Gasteiger partial charge in [0.1, 0.15) is 0 Å². The van der Waals surface area contributed by atoms with Crippen molar-refractivity contribution >= 4 is 11.6 Å². The fourth-order valence-electron chi connectivity index (χ4n) is 2.36. The molecule has 1 fully saturated rings. The maximum atomic E-state index is 12.2. The van der Waals surface area contributed by atoms with Gasteiger partial charge in [-0.1, -0.05) is 6.92 Å². The van der Waals surface area contributed by atoms with Gasteiger partial charge in [0.2, 0.25) is 5.91 Å². The van der Waals surface area contributed by atoms with Gasteiger partial charge in [0.05, 0.1) is 20.3 Å². The summed E-state index contributed by atoms with van der Waals surface area (Å²) in [6.45, 7) is 3.54. The number of ether oxygens (including phenoxy) is 2. The lowest BCUT2D eigenvalue weighted by molar-refractivity contribution is -0.118. The number of amides is 1. The molecule has 5 heteroatoms. The topological polar surface area (TPSA) is 50.8 Å². The molecule has 1 aromatic rings. The molecule has 104 valence electrons. The number of nitrogens with zero attached hydrogens (tertiary/aromatic N) is 1. The van der Waals surface area contributed by atoms with Crippen molar-refractivity contribution in [1.82, 2.24) is 5.32 Å². The summed E-state index contributed by atoms with van der Waals surface area (Å²) in [4.78, 5) is 14.0. The van der Waals surface area contributed by atoms with Crippen LogP contribution < -0.4 is 19.7 Å². The Labute approximate surface area is 113 Å². The summed E-state index contributed by atoms with van der Waals surface area (Å²) < 4.78 is 10.5. The molecule has 0 bridgehead atoms. The second-order valence-corrected chi connectivity index (χ2v) is 4.43. The minimum Gasteiger partial charge on any atom is -0.493 e. The van der Waals surface area contributed by atoms with Gasteiger partial charge in [-0.25, -0.2) is 0 Å². The van der Waals surface area contributed by atoms with Gasteiger partial charge in [0.25, 0.3) is 0 Å². The van der Waals surface area contributed by atoms with Gasteiger partial charge >= 0.3 is 0 Å². The Morgan fingerprint density at radius 3 is 2.68 bits per heavy atom. The predicted octanol–water partition coefficient (Wildman–Crippen LogP) is 1.42. The SMILES string of the molecule is CCNC1CCN(c2ccc(OC)c(OC)c2)C1=O. The van der Waals surface area contributed by atoms with Crippen LogP contribution in [0.1, 0.15) is 13.3 Å². The Balaban J connectivity index is 2.21. The minimum absolute atomic E-state index is 0.0712. The zero-order valence-corrected chi connectivity index (χ0v) is 11.6. The Morgan fingerprint density at radius 2 is 2.05 bits per heavy atom. The fourth-order valence-corrected chi connectivity index (χ4v) is 2.36. The van der Waals surface area contributed by atoms with E-state index in [0.717, 1.165) is 25.2 Å². The average Bonchev–Trinajstić information content (AvgIpc) is 2.80. The third kappa shape index (κ3) is 2.66. The molecule has 1 aliphatic heterocycles. The second kappa shape index (κ2) is 5.93. The smallest absolute Gasteiger partial charge is 0.244 e. The van der Waals surface area contributed by atoms with Crippen molar-refractivity contribution in [3.8, 4) is 11.5 Å². The van der Waals surface area contributed by atoms with Gasteiger partial charge in [0.15, 0.2) is 11.5 Å². The summed E-state index contributed by atoms with van der Waals surface area (Å²) in [5.41, 5.74) is 0.850. The fraction of sp³-hybridized carbons (Fsp3) is 0.500. The van der Waals surface area contributed by atoms with Crippen molar-refractivity contribution in [3.05, 3.63) is 18.2 Å². The Hall–Kier alpha value is -1.75. The standard InChI is InChI=1S/C14H20N2O3/c1-4-15-11-7-8-16(14(11)17)10-5-6-12(18-2)13(9-10)19-3/h5-6,9,11,15H,4,7-8H2,1-3H3. The molecule has 0 aliphatic carbocycles. The monoisotopic (exact) mass is 264 g/mol. The zero-order valence-electron chi connectivity index (χ0n) is 11.6. The molecule has 2 rings (SSSR count). The molecule has 1 amide bonds. The summed E-state index contributed by atoms with van der Waals surface area (Å²) >= 11 is 0. The van der Waals surface area contributed by atoms with Gasteiger partial charge in [-0.05, 0) is 25.1 Å². The van der Waals surface area contributed by atoms with Crippen LogP contribution in [0.5, 0.6) is 11.5 Å². The summed E-state index contributed by atoms with van der Waals surface area (Å²) in [5, 5.41) is 3.20. The van der Waals surface area contributed by atoms with E-state index in [4.69, 9.17) is 9.47 Å². The summed E-state index contributed by atoms with van der Waals surface area (Å²) in [7, 11) is 3.19. The van der Waals surface area contributed by atoms with E-state index in [9.17, 15) is 4.79 Å². The molecule has 0 aromatic heterocycles. The minimum atomic E-state index is -0.0712. The van der Waals surface area contributed by atoms with Gasteiger partial charge < -0.3 is 19.7 Å². The molecule has 1 saturated heterocycles. The van der Waals surface area contributed by atoms with E-state index >= 15 is 0 Å². The van der Waals surface area contributed by atoms with Crippen molar-refractivity contribution in [2.75, 3.05) is 32.2 Å². The number of carbonyl (C=O) groups excluding carboxylic acids is 1. The zero-order chi connectivity index (χ0) is 13.8. The number of methoxy groups -OCH3 is 2. The molecule has 1 atom stereocenters. The molecule has 0 radical (unpaired) electrons. The van der Waals surface area contributed by atoms with E-state index in [1.165, 1.54) is 0 Å². The van der Waals surface area contributed by atoms with Crippen LogP contribution in [0.2, 0.25) is 0 Å². The van der Waals surface area contributed by atoms with Crippen LogP contribution in [0.3, 0.4) is 0 Å². The Morgan fingerprint density at radius 1 is 1.32 bits per heavy atom. The molecule has 1 heterocycles. The molecule has 1 aliphatic rings. The predicted molar refractivity (Wildman–Crippen MR) is 74.0 cm³/mol. The van der Waals surface area contributed by atoms with E-state index in [2.05, 4.69) is 5.32 Å². The highest BCUT2D eigenvalue weighted by molar-refractivity contribution is 5.99. The van der Waals surface area contributed by atoms with E-state index < -0.39 is 0 Å². The van der Waals surface area contributed by atoms with Crippen LogP contribution in [0, 0.1) is 0 Å². The first kappa shape index (κ1) is 13.7. The van der Waals surface area contributed by atoms with E-state index in [1.807, 2.05) is 25.1 Å². The number of carbonyl (C=O) groups is 1. The number of nitrogens with one attached hydrogen (secondary N) is 1. The van der Waals surface area contributed by atoms with E-state index in [1.54, 1.807) is 19.1 Å². The number of likely N-dealkylation sites (N-methyl/N-ethyl adjacent to an activating group) is 1. The molecule has 19 heavy (non-hydrogen) atoms. The first-order chi connectivity index (χ1) is 9.21. The normalized spacial score (nSPS) is 18.8. The molecular weight excluding hydrogens is 244 g/mol. The Bertz CT molecular complexity index is 462. The highest BCUT2D eigenvalue weighted by Gasteiger charge is 2.32. The summed E-state index contributed by atoms with van der Waals surface area (Å²) in [5.74, 6) is 1.43. The molecule has 5 nitrogen and oxygen atoms in total. The van der Waals surface area contributed by atoms with Gasteiger partial charge in [-0.15, -0.1) is 0 Å². The molecular formula is C14H20N2O3. The van der Waals surface area contributed by atoms with Crippen LogP contribution in [0.25, 0.3) is 0 Å². The van der Waals surface area contributed by atoms with Crippen molar-refractivity contribution in [3.63, 3.8) is 0 Å². The molecule has 1 aromatic carbocycles. The third-order valence-electron chi connectivity index (χ3n) is 3.33. The lowest BCUT2D eigenvalue weighted by Crippen LogP contribution is -2.38. The highest BCUT2D eigenvalue weighted by Crippen LogP contribution is 2.33. The van der Waals surface area contributed by atoms with Crippen molar-refractivity contribution in [2.24, 2.45) is 0 Å². The van der Waals surface area contributed by atoms with Crippen LogP contribution >= 0.6 is 0 Å².